The molecular formula is C14H19NO3. The number of hydroxylamine groups is 1. The van der Waals surface area contributed by atoms with Gasteiger partial charge in [-0.15, -0.1) is 0 Å². The molecule has 2 rings (SSSR count). The smallest absolute Gasteiger partial charge is 0.295 e. The lowest BCUT2D eigenvalue weighted by atomic mass is 9.99. The van der Waals surface area contributed by atoms with Crippen LogP contribution in [-0.2, 0) is 4.74 Å². The largest absolute Gasteiger partial charge is 0.622 e. The molecule has 1 aliphatic heterocycles. The standard InChI is InChI=1S/C14H19NO3/c1-5-14(3)10(2)15(16)13(18-14)11-6-8-12(17-4)9-7-11/h6-9,13H,5H2,1-4H3. The Morgan fingerprint density at radius 1 is 1.39 bits per heavy atom. The van der Waals surface area contributed by atoms with Gasteiger partial charge in [0.2, 0.25) is 0 Å². The van der Waals surface area contributed by atoms with Crippen molar-refractivity contribution in [3.63, 3.8) is 0 Å². The molecule has 98 valence electrons. The summed E-state index contributed by atoms with van der Waals surface area (Å²) in [5, 5.41) is 12.2. The van der Waals surface area contributed by atoms with Crippen molar-refractivity contribution in [3.05, 3.63) is 35.0 Å². The summed E-state index contributed by atoms with van der Waals surface area (Å²) in [4.78, 5) is 0. The first-order valence-electron chi connectivity index (χ1n) is 6.14. The highest BCUT2D eigenvalue weighted by Crippen LogP contribution is 2.35. The van der Waals surface area contributed by atoms with E-state index in [1.54, 1.807) is 7.11 Å². The second-order valence-corrected chi connectivity index (χ2v) is 4.74. The van der Waals surface area contributed by atoms with Crippen LogP contribution in [0.4, 0.5) is 0 Å². The number of rotatable bonds is 3. The van der Waals surface area contributed by atoms with Crippen molar-refractivity contribution in [2.24, 2.45) is 0 Å². The summed E-state index contributed by atoms with van der Waals surface area (Å²) in [6, 6.07) is 7.40. The molecule has 0 radical (unpaired) electrons. The Labute approximate surface area is 107 Å². The zero-order valence-corrected chi connectivity index (χ0v) is 11.3. The monoisotopic (exact) mass is 249 g/mol. The van der Waals surface area contributed by atoms with Crippen molar-refractivity contribution in [1.82, 2.24) is 0 Å². The van der Waals surface area contributed by atoms with Crippen LogP contribution in [0.1, 0.15) is 39.0 Å². The van der Waals surface area contributed by atoms with Crippen LogP contribution in [0.2, 0.25) is 0 Å². The summed E-state index contributed by atoms with van der Waals surface area (Å²) < 4.78 is 12.0. The van der Waals surface area contributed by atoms with E-state index in [0.29, 0.717) is 0 Å². The molecule has 0 aliphatic carbocycles. The molecule has 0 bridgehead atoms. The van der Waals surface area contributed by atoms with Gasteiger partial charge in [0.1, 0.15) is 5.75 Å². The molecule has 0 saturated carbocycles. The first kappa shape index (κ1) is 12.9. The lowest BCUT2D eigenvalue weighted by molar-refractivity contribution is -0.547. The summed E-state index contributed by atoms with van der Waals surface area (Å²) in [6.45, 7) is 5.81. The molecule has 1 aliphatic rings. The van der Waals surface area contributed by atoms with Crippen LogP contribution < -0.4 is 4.74 Å². The van der Waals surface area contributed by atoms with Crippen LogP contribution in [0.3, 0.4) is 0 Å². The molecule has 0 N–H and O–H groups in total. The van der Waals surface area contributed by atoms with Crippen molar-refractivity contribution >= 4 is 5.71 Å². The topological polar surface area (TPSA) is 44.5 Å². The van der Waals surface area contributed by atoms with Crippen LogP contribution in [0.15, 0.2) is 24.3 Å². The van der Waals surface area contributed by atoms with Crippen molar-refractivity contribution in [2.75, 3.05) is 7.11 Å². The van der Waals surface area contributed by atoms with Gasteiger partial charge in [-0.05, 0) is 37.6 Å². The van der Waals surface area contributed by atoms with Gasteiger partial charge in [0.15, 0.2) is 11.3 Å². The maximum Gasteiger partial charge on any atom is 0.295 e. The number of hydrogen-bond acceptors (Lipinski definition) is 3. The Balaban J connectivity index is 2.30. The third-order valence-electron chi connectivity index (χ3n) is 3.76. The van der Waals surface area contributed by atoms with Gasteiger partial charge < -0.3 is 9.94 Å². The molecule has 0 spiro atoms. The van der Waals surface area contributed by atoms with E-state index in [1.807, 2.05) is 45.0 Å². The first-order chi connectivity index (χ1) is 8.51. The molecule has 2 atom stereocenters. The molecule has 0 aromatic heterocycles. The fourth-order valence-corrected chi connectivity index (χ4v) is 2.10. The predicted molar refractivity (Wildman–Crippen MR) is 69.8 cm³/mol. The van der Waals surface area contributed by atoms with Crippen LogP contribution in [0.5, 0.6) is 5.75 Å². The molecule has 4 heteroatoms. The van der Waals surface area contributed by atoms with E-state index in [0.717, 1.165) is 28.2 Å². The van der Waals surface area contributed by atoms with Crippen molar-refractivity contribution < 1.29 is 14.2 Å². The fraction of sp³-hybridized carbons (Fsp3) is 0.500. The third kappa shape index (κ3) is 1.97. The van der Waals surface area contributed by atoms with E-state index in [4.69, 9.17) is 9.47 Å². The average molecular weight is 249 g/mol. The highest BCUT2D eigenvalue weighted by molar-refractivity contribution is 5.86. The van der Waals surface area contributed by atoms with Gasteiger partial charge in [-0.1, -0.05) is 6.92 Å². The third-order valence-corrected chi connectivity index (χ3v) is 3.76. The summed E-state index contributed by atoms with van der Waals surface area (Å²) in [5.41, 5.74) is 1.11. The highest BCUT2D eigenvalue weighted by atomic mass is 16.6. The summed E-state index contributed by atoms with van der Waals surface area (Å²) in [6.07, 6.45) is 0.227. The Hall–Kier alpha value is -1.55. The van der Waals surface area contributed by atoms with Crippen molar-refractivity contribution in [2.45, 2.75) is 39.0 Å². The Bertz CT molecular complexity index is 466. The molecule has 1 heterocycles. The minimum atomic E-state index is -0.555. The number of methoxy groups -OCH3 is 1. The number of benzene rings is 1. The lowest BCUT2D eigenvalue weighted by Crippen LogP contribution is -2.32. The molecule has 2 unspecified atom stereocenters. The summed E-state index contributed by atoms with van der Waals surface area (Å²) in [5.74, 6) is 0.771. The highest BCUT2D eigenvalue weighted by Gasteiger charge is 2.45. The van der Waals surface area contributed by atoms with Crippen LogP contribution in [0, 0.1) is 5.21 Å². The van der Waals surface area contributed by atoms with E-state index >= 15 is 0 Å². The molecule has 1 aromatic carbocycles. The molecule has 0 amide bonds. The molecule has 0 fully saturated rings. The Kier molecular flexibility index (Phi) is 3.30. The predicted octanol–water partition coefficient (Wildman–Crippen LogP) is 2.86. The Morgan fingerprint density at radius 3 is 2.44 bits per heavy atom. The maximum absolute atomic E-state index is 12.2. The first-order valence-corrected chi connectivity index (χ1v) is 6.14. The van der Waals surface area contributed by atoms with Gasteiger partial charge >= 0.3 is 0 Å². The SMILES string of the molecule is CCC1(C)OC(c2ccc(OC)cc2)[N+]([O-])=C1C. The zero-order valence-electron chi connectivity index (χ0n) is 11.3. The van der Waals surface area contributed by atoms with Crippen LogP contribution in [0.25, 0.3) is 0 Å². The molecular weight excluding hydrogens is 230 g/mol. The minimum Gasteiger partial charge on any atom is -0.622 e. The molecule has 4 nitrogen and oxygen atoms in total. The van der Waals surface area contributed by atoms with E-state index in [1.165, 1.54) is 0 Å². The normalized spacial score (nSPS) is 27.7. The number of ether oxygens (including phenoxy) is 2. The summed E-state index contributed by atoms with van der Waals surface area (Å²) >= 11 is 0. The van der Waals surface area contributed by atoms with Gasteiger partial charge in [-0.2, -0.15) is 4.74 Å². The molecule has 1 aromatic rings. The van der Waals surface area contributed by atoms with Gasteiger partial charge in [-0.3, -0.25) is 4.74 Å². The average Bonchev–Trinajstić information content (AvgIpc) is 2.64. The lowest BCUT2D eigenvalue weighted by Gasteiger charge is -2.18. The van der Waals surface area contributed by atoms with Gasteiger partial charge in [0.05, 0.1) is 12.7 Å². The van der Waals surface area contributed by atoms with E-state index in [2.05, 4.69) is 0 Å². The number of hydrogen-bond donors (Lipinski definition) is 0. The fourth-order valence-electron chi connectivity index (χ4n) is 2.10. The summed E-state index contributed by atoms with van der Waals surface area (Å²) in [7, 11) is 1.62. The number of nitrogens with zero attached hydrogens (tertiary/aromatic N) is 1. The quantitative estimate of drug-likeness (QED) is 0.611. The van der Waals surface area contributed by atoms with Crippen molar-refractivity contribution in [1.29, 1.82) is 0 Å². The van der Waals surface area contributed by atoms with Crippen molar-refractivity contribution in [3.8, 4) is 5.75 Å². The molecule has 0 saturated heterocycles. The van der Waals surface area contributed by atoms with E-state index in [-0.39, 0.29) is 0 Å². The van der Waals surface area contributed by atoms with E-state index in [9.17, 15) is 5.21 Å². The second-order valence-electron chi connectivity index (χ2n) is 4.74. The van der Waals surface area contributed by atoms with Gasteiger partial charge in [-0.25, -0.2) is 0 Å². The van der Waals surface area contributed by atoms with Gasteiger partial charge in [0, 0.05) is 6.92 Å². The van der Waals surface area contributed by atoms with E-state index < -0.39 is 11.8 Å². The maximum atomic E-state index is 12.2. The van der Waals surface area contributed by atoms with Crippen LogP contribution >= 0.6 is 0 Å². The Morgan fingerprint density at radius 2 is 2.00 bits per heavy atom. The van der Waals surface area contributed by atoms with Crippen LogP contribution in [-0.4, -0.2) is 23.2 Å². The second kappa shape index (κ2) is 4.61. The zero-order chi connectivity index (χ0) is 13.3. The minimum absolute atomic E-state index is 0.466. The van der Waals surface area contributed by atoms with Gasteiger partial charge in [0.25, 0.3) is 6.23 Å². The molecule has 18 heavy (non-hydrogen) atoms.